The molecule has 2 aromatic carbocycles. The van der Waals surface area contributed by atoms with Crippen molar-refractivity contribution in [2.45, 2.75) is 38.3 Å². The SMILES string of the molecule is Cc1cc(COc2ccc(S(=O)(=O)C[C@@H]3CN(C(C)C)C[C@@H]3C(=O)NO)cc2)c2ccccc2n1. The number of hydrogen-bond acceptors (Lipinski definition) is 7. The molecular formula is C26H31N3O5S. The summed E-state index contributed by atoms with van der Waals surface area (Å²) in [6, 6.07) is 16.4. The van der Waals surface area contributed by atoms with Crippen molar-refractivity contribution in [1.29, 1.82) is 0 Å². The van der Waals surface area contributed by atoms with Crippen LogP contribution in [0.1, 0.15) is 25.1 Å². The Balaban J connectivity index is 1.46. The summed E-state index contributed by atoms with van der Waals surface area (Å²) in [6.07, 6.45) is 0. The Labute approximate surface area is 205 Å². The highest BCUT2D eigenvalue weighted by molar-refractivity contribution is 7.91. The van der Waals surface area contributed by atoms with Gasteiger partial charge >= 0.3 is 0 Å². The van der Waals surface area contributed by atoms with E-state index in [-0.39, 0.29) is 16.7 Å². The molecule has 2 N–H and O–H groups in total. The van der Waals surface area contributed by atoms with Crippen molar-refractivity contribution >= 4 is 26.6 Å². The number of hydroxylamine groups is 1. The van der Waals surface area contributed by atoms with Crippen molar-refractivity contribution in [3.05, 3.63) is 65.9 Å². The van der Waals surface area contributed by atoms with Crippen LogP contribution in [0.4, 0.5) is 0 Å². The van der Waals surface area contributed by atoms with E-state index < -0.39 is 27.6 Å². The van der Waals surface area contributed by atoms with Crippen LogP contribution >= 0.6 is 0 Å². The fraction of sp³-hybridized carbons (Fsp3) is 0.385. The van der Waals surface area contributed by atoms with Crippen LogP contribution in [0.2, 0.25) is 0 Å². The second-order valence-corrected chi connectivity index (χ2v) is 11.4. The third-order valence-electron chi connectivity index (χ3n) is 6.59. The average molecular weight is 498 g/mol. The lowest BCUT2D eigenvalue weighted by Crippen LogP contribution is -2.35. The van der Waals surface area contributed by atoms with E-state index in [1.807, 2.05) is 51.1 Å². The number of rotatable bonds is 8. The monoisotopic (exact) mass is 497 g/mol. The molecule has 4 rings (SSSR count). The standard InChI is InChI=1S/C26H31N3O5S/c1-17(2)29-13-20(24(14-29)26(30)28-31)16-35(32,33)22-10-8-21(9-11-22)34-15-19-12-18(3)27-25-7-5-4-6-23(19)25/h4-12,17,20,24,31H,13-16H2,1-3H3,(H,28,30)/t20-,24-/m0/s1. The number of likely N-dealkylation sites (tertiary alicyclic amines) is 1. The Kier molecular flexibility index (Phi) is 7.39. The Morgan fingerprint density at radius 1 is 1.17 bits per heavy atom. The highest BCUT2D eigenvalue weighted by atomic mass is 32.2. The summed E-state index contributed by atoms with van der Waals surface area (Å²) in [7, 11) is -3.64. The first-order valence-electron chi connectivity index (χ1n) is 11.7. The number of aromatic nitrogens is 1. The molecule has 9 heteroatoms. The minimum atomic E-state index is -3.64. The number of sulfone groups is 1. The molecule has 0 bridgehead atoms. The van der Waals surface area contributed by atoms with Crippen LogP contribution < -0.4 is 10.2 Å². The molecule has 0 aliphatic carbocycles. The zero-order valence-corrected chi connectivity index (χ0v) is 21.0. The maximum Gasteiger partial charge on any atom is 0.248 e. The van der Waals surface area contributed by atoms with Gasteiger partial charge in [0.25, 0.3) is 0 Å². The smallest absolute Gasteiger partial charge is 0.248 e. The van der Waals surface area contributed by atoms with Crippen LogP contribution in [-0.4, -0.2) is 54.3 Å². The number of aryl methyl sites for hydroxylation is 1. The molecule has 1 fully saturated rings. The zero-order chi connectivity index (χ0) is 25.2. The van der Waals surface area contributed by atoms with E-state index in [1.165, 1.54) is 12.1 Å². The second-order valence-electron chi connectivity index (χ2n) is 9.37. The number of ether oxygens (including phenoxy) is 1. The Hall–Kier alpha value is -3.01. The molecule has 1 aliphatic heterocycles. The van der Waals surface area contributed by atoms with E-state index in [1.54, 1.807) is 17.6 Å². The lowest BCUT2D eigenvalue weighted by atomic mass is 9.97. The molecule has 0 spiro atoms. The zero-order valence-electron chi connectivity index (χ0n) is 20.1. The lowest BCUT2D eigenvalue weighted by molar-refractivity contribution is -0.133. The third-order valence-corrected chi connectivity index (χ3v) is 8.44. The number of carbonyl (C=O) groups excluding carboxylic acids is 1. The van der Waals surface area contributed by atoms with Gasteiger partial charge in [0.1, 0.15) is 12.4 Å². The average Bonchev–Trinajstić information content (AvgIpc) is 3.25. The number of carbonyl (C=O) groups is 1. The predicted molar refractivity (Wildman–Crippen MR) is 133 cm³/mol. The summed E-state index contributed by atoms with van der Waals surface area (Å²) in [5.41, 5.74) is 4.51. The molecule has 0 radical (unpaired) electrons. The van der Waals surface area contributed by atoms with Crippen LogP contribution in [0, 0.1) is 18.8 Å². The van der Waals surface area contributed by atoms with E-state index in [0.717, 1.165) is 22.2 Å². The lowest BCUT2D eigenvalue weighted by Gasteiger charge is -2.20. The molecule has 2 heterocycles. The van der Waals surface area contributed by atoms with Gasteiger partial charge in [-0.15, -0.1) is 0 Å². The number of pyridine rings is 1. The molecule has 1 saturated heterocycles. The van der Waals surface area contributed by atoms with Crippen molar-refractivity contribution in [1.82, 2.24) is 15.4 Å². The number of para-hydroxylation sites is 1. The van der Waals surface area contributed by atoms with Crippen LogP contribution in [0.3, 0.4) is 0 Å². The van der Waals surface area contributed by atoms with Crippen molar-refractivity contribution in [3.63, 3.8) is 0 Å². The fourth-order valence-electron chi connectivity index (χ4n) is 4.67. The van der Waals surface area contributed by atoms with Crippen LogP contribution in [0.25, 0.3) is 10.9 Å². The molecular weight excluding hydrogens is 466 g/mol. The number of benzene rings is 2. The normalized spacial score (nSPS) is 18.8. The highest BCUT2D eigenvalue weighted by Gasteiger charge is 2.40. The largest absolute Gasteiger partial charge is 0.489 e. The Morgan fingerprint density at radius 2 is 1.89 bits per heavy atom. The summed E-state index contributed by atoms with van der Waals surface area (Å²) in [5, 5.41) is 10.1. The minimum Gasteiger partial charge on any atom is -0.489 e. The number of fused-ring (bicyclic) bond motifs is 1. The van der Waals surface area contributed by atoms with E-state index in [0.29, 0.717) is 25.4 Å². The maximum atomic E-state index is 13.1. The van der Waals surface area contributed by atoms with Gasteiger partial charge < -0.3 is 4.74 Å². The first-order valence-corrected chi connectivity index (χ1v) is 13.3. The fourth-order valence-corrected chi connectivity index (χ4v) is 6.32. The Bertz CT molecular complexity index is 1310. The molecule has 8 nitrogen and oxygen atoms in total. The molecule has 35 heavy (non-hydrogen) atoms. The minimum absolute atomic E-state index is 0.170. The van der Waals surface area contributed by atoms with E-state index >= 15 is 0 Å². The molecule has 1 amide bonds. The third kappa shape index (κ3) is 5.63. The topological polar surface area (TPSA) is 109 Å². The van der Waals surface area contributed by atoms with Crippen LogP contribution in [0.5, 0.6) is 5.75 Å². The molecule has 0 saturated carbocycles. The van der Waals surface area contributed by atoms with Gasteiger partial charge in [-0.2, -0.15) is 0 Å². The van der Waals surface area contributed by atoms with Gasteiger partial charge in [0, 0.05) is 35.8 Å². The van der Waals surface area contributed by atoms with Crippen molar-refractivity contribution < 1.29 is 23.2 Å². The number of nitrogens with zero attached hydrogens (tertiary/aromatic N) is 2. The van der Waals surface area contributed by atoms with E-state index in [4.69, 9.17) is 9.94 Å². The molecule has 0 unspecified atom stereocenters. The molecule has 2 atom stereocenters. The Morgan fingerprint density at radius 3 is 2.57 bits per heavy atom. The number of nitrogens with one attached hydrogen (secondary N) is 1. The van der Waals surface area contributed by atoms with Gasteiger partial charge in [-0.25, -0.2) is 13.9 Å². The predicted octanol–water partition coefficient (Wildman–Crippen LogP) is 3.36. The van der Waals surface area contributed by atoms with Gasteiger partial charge in [-0.1, -0.05) is 18.2 Å². The molecule has 3 aromatic rings. The molecule has 1 aliphatic rings. The molecule has 186 valence electrons. The summed E-state index contributed by atoms with van der Waals surface area (Å²) in [4.78, 5) is 18.9. The maximum absolute atomic E-state index is 13.1. The van der Waals surface area contributed by atoms with Gasteiger partial charge in [0.15, 0.2) is 9.84 Å². The summed E-state index contributed by atoms with van der Waals surface area (Å²) in [5.74, 6) is -1.15. The van der Waals surface area contributed by atoms with Crippen LogP contribution in [0.15, 0.2) is 59.5 Å². The van der Waals surface area contributed by atoms with Crippen molar-refractivity contribution in [3.8, 4) is 5.75 Å². The first kappa shape index (κ1) is 25.1. The summed E-state index contributed by atoms with van der Waals surface area (Å²) < 4.78 is 32.2. The summed E-state index contributed by atoms with van der Waals surface area (Å²) >= 11 is 0. The summed E-state index contributed by atoms with van der Waals surface area (Å²) in [6.45, 7) is 7.17. The second kappa shape index (κ2) is 10.3. The van der Waals surface area contributed by atoms with Gasteiger partial charge in [0.2, 0.25) is 5.91 Å². The van der Waals surface area contributed by atoms with Gasteiger partial charge in [-0.3, -0.25) is 19.9 Å². The van der Waals surface area contributed by atoms with E-state index in [2.05, 4.69) is 9.88 Å². The van der Waals surface area contributed by atoms with Gasteiger partial charge in [0.05, 0.1) is 22.1 Å². The highest BCUT2D eigenvalue weighted by Crippen LogP contribution is 2.29. The van der Waals surface area contributed by atoms with Crippen molar-refractivity contribution in [2.24, 2.45) is 11.8 Å². The number of amides is 1. The van der Waals surface area contributed by atoms with E-state index in [9.17, 15) is 13.2 Å². The first-order chi connectivity index (χ1) is 16.7. The van der Waals surface area contributed by atoms with Gasteiger partial charge in [-0.05, 0) is 63.1 Å². The van der Waals surface area contributed by atoms with Crippen molar-refractivity contribution in [2.75, 3.05) is 18.8 Å². The molecule has 1 aromatic heterocycles. The van der Waals surface area contributed by atoms with Crippen LogP contribution in [-0.2, 0) is 21.2 Å². The quantitative estimate of drug-likeness (QED) is 0.363. The number of hydrogen-bond donors (Lipinski definition) is 2.